The number of benzene rings is 2. The van der Waals surface area contributed by atoms with Crippen molar-refractivity contribution in [3.05, 3.63) is 78.3 Å². The number of hydrogen-bond acceptors (Lipinski definition) is 3. The SMILES string of the molecule is O=C(Nc1cccc(F)c1)C1CC12CCN(C(=O)c1ccc(-c3ccco3)cc1)CC2. The molecule has 2 aliphatic rings. The van der Waals surface area contributed by atoms with Crippen molar-refractivity contribution in [1.29, 1.82) is 0 Å². The second kappa shape index (κ2) is 7.69. The molecule has 0 bridgehead atoms. The van der Waals surface area contributed by atoms with Crippen molar-refractivity contribution in [2.75, 3.05) is 18.4 Å². The van der Waals surface area contributed by atoms with Crippen LogP contribution in [-0.2, 0) is 4.79 Å². The van der Waals surface area contributed by atoms with Crippen LogP contribution in [0.1, 0.15) is 29.6 Å². The third kappa shape index (κ3) is 3.85. The van der Waals surface area contributed by atoms with Crippen molar-refractivity contribution in [3.8, 4) is 11.3 Å². The van der Waals surface area contributed by atoms with E-state index in [4.69, 9.17) is 4.42 Å². The van der Waals surface area contributed by atoms with Gasteiger partial charge in [0, 0.05) is 35.8 Å². The maximum Gasteiger partial charge on any atom is 0.253 e. The molecule has 0 radical (unpaired) electrons. The van der Waals surface area contributed by atoms with Gasteiger partial charge in [-0.25, -0.2) is 4.39 Å². The Balaban J connectivity index is 1.17. The number of carbonyl (C=O) groups excluding carboxylic acids is 2. The highest BCUT2D eigenvalue weighted by Crippen LogP contribution is 2.59. The first-order chi connectivity index (χ1) is 15.0. The Morgan fingerprint density at radius 3 is 2.48 bits per heavy atom. The van der Waals surface area contributed by atoms with Gasteiger partial charge in [0.05, 0.1) is 6.26 Å². The summed E-state index contributed by atoms with van der Waals surface area (Å²) in [5, 5.41) is 2.83. The van der Waals surface area contributed by atoms with E-state index in [1.807, 2.05) is 41.3 Å². The van der Waals surface area contributed by atoms with E-state index in [1.165, 1.54) is 12.1 Å². The largest absolute Gasteiger partial charge is 0.464 e. The van der Waals surface area contributed by atoms with E-state index in [9.17, 15) is 14.0 Å². The molecule has 1 aliphatic heterocycles. The van der Waals surface area contributed by atoms with Crippen LogP contribution in [0, 0.1) is 17.2 Å². The molecule has 1 N–H and O–H groups in total. The molecular formula is C25H23FN2O3. The lowest BCUT2D eigenvalue weighted by Gasteiger charge is -2.33. The standard InChI is InChI=1S/C25H23FN2O3/c26-19-3-1-4-20(15-19)27-23(29)21-16-25(21)10-12-28(13-11-25)24(30)18-8-6-17(7-9-18)22-5-2-14-31-22/h1-9,14-15,21H,10-13,16H2,(H,27,29). The number of amides is 2. The molecule has 1 saturated heterocycles. The molecule has 31 heavy (non-hydrogen) atoms. The Kier molecular flexibility index (Phi) is 4.85. The van der Waals surface area contributed by atoms with Gasteiger partial charge in [0.15, 0.2) is 0 Å². The maximum absolute atomic E-state index is 13.3. The van der Waals surface area contributed by atoms with Crippen LogP contribution in [0.25, 0.3) is 11.3 Å². The fourth-order valence-corrected chi connectivity index (χ4v) is 4.62. The summed E-state index contributed by atoms with van der Waals surface area (Å²) >= 11 is 0. The van der Waals surface area contributed by atoms with Crippen LogP contribution in [0.5, 0.6) is 0 Å². The number of halogens is 1. The molecule has 1 aliphatic carbocycles. The molecular weight excluding hydrogens is 395 g/mol. The highest BCUT2D eigenvalue weighted by molar-refractivity contribution is 5.96. The van der Waals surface area contributed by atoms with Gasteiger partial charge in [-0.3, -0.25) is 9.59 Å². The van der Waals surface area contributed by atoms with Crippen LogP contribution in [0.2, 0.25) is 0 Å². The second-order valence-electron chi connectivity index (χ2n) is 8.47. The Hall–Kier alpha value is -3.41. The van der Waals surface area contributed by atoms with Gasteiger partial charge >= 0.3 is 0 Å². The van der Waals surface area contributed by atoms with Gasteiger partial charge < -0.3 is 14.6 Å². The number of likely N-dealkylation sites (tertiary alicyclic amines) is 1. The van der Waals surface area contributed by atoms with Crippen molar-refractivity contribution in [1.82, 2.24) is 4.90 Å². The summed E-state index contributed by atoms with van der Waals surface area (Å²) in [5.41, 5.74) is 2.04. The van der Waals surface area contributed by atoms with Crippen molar-refractivity contribution in [2.45, 2.75) is 19.3 Å². The first-order valence-corrected chi connectivity index (χ1v) is 10.5. The van der Waals surface area contributed by atoms with Crippen molar-refractivity contribution in [2.24, 2.45) is 11.3 Å². The number of anilines is 1. The molecule has 1 unspecified atom stereocenters. The van der Waals surface area contributed by atoms with Crippen molar-refractivity contribution >= 4 is 17.5 Å². The highest BCUT2D eigenvalue weighted by Gasteiger charge is 2.58. The Morgan fingerprint density at radius 2 is 1.81 bits per heavy atom. The summed E-state index contributed by atoms with van der Waals surface area (Å²) in [7, 11) is 0. The van der Waals surface area contributed by atoms with Crippen LogP contribution in [0.4, 0.5) is 10.1 Å². The van der Waals surface area contributed by atoms with Gasteiger partial charge in [-0.2, -0.15) is 0 Å². The van der Waals surface area contributed by atoms with Crippen molar-refractivity contribution < 1.29 is 18.4 Å². The third-order valence-corrected chi connectivity index (χ3v) is 6.58. The van der Waals surface area contributed by atoms with Gasteiger partial charge in [-0.05, 0) is 67.1 Å². The van der Waals surface area contributed by atoms with E-state index in [1.54, 1.807) is 18.4 Å². The minimum atomic E-state index is -0.368. The van der Waals surface area contributed by atoms with E-state index < -0.39 is 0 Å². The third-order valence-electron chi connectivity index (χ3n) is 6.58. The summed E-state index contributed by atoms with van der Waals surface area (Å²) < 4.78 is 18.7. The van der Waals surface area contributed by atoms with E-state index in [0.29, 0.717) is 24.3 Å². The molecule has 5 nitrogen and oxygen atoms in total. The lowest BCUT2D eigenvalue weighted by Crippen LogP contribution is -2.40. The van der Waals surface area contributed by atoms with Gasteiger partial charge in [-0.1, -0.05) is 18.2 Å². The molecule has 2 amide bonds. The van der Waals surface area contributed by atoms with Crippen molar-refractivity contribution in [3.63, 3.8) is 0 Å². The average molecular weight is 418 g/mol. The number of carbonyl (C=O) groups is 2. The molecule has 5 rings (SSSR count). The van der Waals surface area contributed by atoms with E-state index in [-0.39, 0.29) is 29.0 Å². The first-order valence-electron chi connectivity index (χ1n) is 10.5. The van der Waals surface area contributed by atoms with Crippen LogP contribution in [-0.4, -0.2) is 29.8 Å². The second-order valence-corrected chi connectivity index (χ2v) is 8.47. The van der Waals surface area contributed by atoms with Crippen LogP contribution in [0.15, 0.2) is 71.3 Å². The summed E-state index contributed by atoms with van der Waals surface area (Å²) in [4.78, 5) is 27.4. The Bertz CT molecular complexity index is 1100. The smallest absolute Gasteiger partial charge is 0.253 e. The zero-order valence-corrected chi connectivity index (χ0v) is 17.0. The molecule has 2 heterocycles. The predicted octanol–water partition coefficient (Wildman–Crippen LogP) is 4.97. The molecule has 158 valence electrons. The molecule has 1 atom stereocenters. The van der Waals surface area contributed by atoms with Crippen LogP contribution >= 0.6 is 0 Å². The average Bonchev–Trinajstić information content (AvgIpc) is 3.21. The molecule has 3 aromatic rings. The molecule has 6 heteroatoms. The van der Waals surface area contributed by atoms with Gasteiger partial charge in [0.25, 0.3) is 5.91 Å². The number of nitrogens with zero attached hydrogens (tertiary/aromatic N) is 1. The molecule has 1 aromatic heterocycles. The topological polar surface area (TPSA) is 62.6 Å². The fourth-order valence-electron chi connectivity index (χ4n) is 4.62. The van der Waals surface area contributed by atoms with Crippen LogP contribution < -0.4 is 5.32 Å². The predicted molar refractivity (Wildman–Crippen MR) is 115 cm³/mol. The zero-order chi connectivity index (χ0) is 21.4. The quantitative estimate of drug-likeness (QED) is 0.651. The molecule has 1 spiro atoms. The summed E-state index contributed by atoms with van der Waals surface area (Å²) in [6.45, 7) is 1.28. The monoisotopic (exact) mass is 418 g/mol. The maximum atomic E-state index is 13.3. The number of piperidine rings is 1. The Morgan fingerprint density at radius 1 is 1.03 bits per heavy atom. The molecule has 2 aromatic carbocycles. The van der Waals surface area contributed by atoms with Gasteiger partial charge in [0.1, 0.15) is 11.6 Å². The molecule has 2 fully saturated rings. The zero-order valence-electron chi connectivity index (χ0n) is 17.0. The lowest BCUT2D eigenvalue weighted by molar-refractivity contribution is -0.118. The van der Waals surface area contributed by atoms with E-state index in [0.717, 1.165) is 30.6 Å². The summed E-state index contributed by atoms with van der Waals surface area (Å²) in [6, 6.07) is 17.1. The van der Waals surface area contributed by atoms with Gasteiger partial charge in [0.2, 0.25) is 5.91 Å². The highest BCUT2D eigenvalue weighted by atomic mass is 19.1. The number of furan rings is 1. The lowest BCUT2D eigenvalue weighted by atomic mass is 9.90. The van der Waals surface area contributed by atoms with E-state index >= 15 is 0 Å². The van der Waals surface area contributed by atoms with Crippen LogP contribution in [0.3, 0.4) is 0 Å². The summed E-state index contributed by atoms with van der Waals surface area (Å²) in [6.07, 6.45) is 4.07. The summed E-state index contributed by atoms with van der Waals surface area (Å²) in [5.74, 6) is 0.296. The van der Waals surface area contributed by atoms with Gasteiger partial charge in [-0.15, -0.1) is 0 Å². The first kappa shape index (κ1) is 19.5. The fraction of sp³-hybridized carbons (Fsp3) is 0.280. The number of nitrogens with one attached hydrogen (secondary N) is 1. The minimum absolute atomic E-state index is 0.0160. The molecule has 1 saturated carbocycles. The normalized spacial score (nSPS) is 19.3. The van der Waals surface area contributed by atoms with E-state index in [2.05, 4.69) is 5.32 Å². The Labute approximate surface area is 179 Å². The number of rotatable bonds is 4. The number of hydrogen-bond donors (Lipinski definition) is 1. The minimum Gasteiger partial charge on any atom is -0.464 e.